The summed E-state index contributed by atoms with van der Waals surface area (Å²) in [4.78, 5) is 25.5. The molecule has 2 N–H and O–H groups in total. The summed E-state index contributed by atoms with van der Waals surface area (Å²) in [5.74, 6) is -0.678. The summed E-state index contributed by atoms with van der Waals surface area (Å²) in [6.45, 7) is -3.06. The Morgan fingerprint density at radius 3 is 2.52 bits per heavy atom. The first-order valence-corrected chi connectivity index (χ1v) is 8.24. The molecule has 0 fully saturated rings. The third-order valence-electron chi connectivity index (χ3n) is 3.40. The fraction of sp³-hybridized carbons (Fsp3) is 0.222. The Bertz CT molecular complexity index is 831. The van der Waals surface area contributed by atoms with Crippen LogP contribution in [-0.4, -0.2) is 44.0 Å². The Labute approximate surface area is 160 Å². The number of rotatable bonds is 7. The van der Waals surface area contributed by atoms with Gasteiger partial charge < -0.3 is 20.3 Å². The molecule has 0 bridgehead atoms. The molecule has 2 aromatic rings. The third kappa shape index (κ3) is 6.10. The molecule has 0 aromatic heterocycles. The minimum atomic E-state index is -2.97. The highest BCUT2D eigenvalue weighted by Crippen LogP contribution is 2.28. The quantitative estimate of drug-likeness (QED) is 0.747. The van der Waals surface area contributed by atoms with E-state index in [-0.39, 0.29) is 29.1 Å². The van der Waals surface area contributed by atoms with Gasteiger partial charge >= 0.3 is 6.61 Å². The first kappa shape index (κ1) is 20.4. The molecule has 6 nitrogen and oxygen atoms in total. The Kier molecular flexibility index (Phi) is 6.95. The van der Waals surface area contributed by atoms with Gasteiger partial charge in [-0.25, -0.2) is 0 Å². The van der Waals surface area contributed by atoms with Crippen molar-refractivity contribution in [3.8, 4) is 5.75 Å². The lowest BCUT2D eigenvalue weighted by Crippen LogP contribution is -2.23. The SMILES string of the molecule is CN(C)C(=O)c1cccc(NC(=O)CNc2ccc(OC(F)F)c(Cl)c2)c1. The van der Waals surface area contributed by atoms with Crippen molar-refractivity contribution in [3.63, 3.8) is 0 Å². The Balaban J connectivity index is 1.94. The summed E-state index contributed by atoms with van der Waals surface area (Å²) >= 11 is 5.86. The monoisotopic (exact) mass is 397 g/mol. The van der Waals surface area contributed by atoms with Crippen LogP contribution in [0.1, 0.15) is 10.4 Å². The highest BCUT2D eigenvalue weighted by atomic mass is 35.5. The Hall–Kier alpha value is -2.87. The summed E-state index contributed by atoms with van der Waals surface area (Å²) in [6, 6.07) is 10.7. The predicted molar refractivity (Wildman–Crippen MR) is 99.7 cm³/mol. The number of anilines is 2. The highest BCUT2D eigenvalue weighted by Gasteiger charge is 2.11. The summed E-state index contributed by atoms with van der Waals surface area (Å²) in [5.41, 5.74) is 1.40. The van der Waals surface area contributed by atoms with E-state index in [0.29, 0.717) is 16.9 Å². The van der Waals surface area contributed by atoms with Crippen molar-refractivity contribution in [3.05, 3.63) is 53.1 Å². The van der Waals surface area contributed by atoms with Gasteiger partial charge in [0, 0.05) is 31.0 Å². The molecular formula is C18H18ClF2N3O3. The van der Waals surface area contributed by atoms with E-state index in [1.54, 1.807) is 38.4 Å². The van der Waals surface area contributed by atoms with Crippen LogP contribution in [0, 0.1) is 0 Å². The van der Waals surface area contributed by atoms with E-state index in [1.807, 2.05) is 0 Å². The van der Waals surface area contributed by atoms with Gasteiger partial charge in [-0.2, -0.15) is 8.78 Å². The molecule has 0 aliphatic heterocycles. The van der Waals surface area contributed by atoms with Gasteiger partial charge in [0.15, 0.2) is 0 Å². The second-order valence-electron chi connectivity index (χ2n) is 5.71. The number of carbonyl (C=O) groups excluding carboxylic acids is 2. The average molecular weight is 398 g/mol. The van der Waals surface area contributed by atoms with E-state index in [4.69, 9.17) is 11.6 Å². The molecule has 2 aromatic carbocycles. The van der Waals surface area contributed by atoms with Crippen LogP contribution in [0.5, 0.6) is 5.75 Å². The van der Waals surface area contributed by atoms with Gasteiger partial charge in [0.1, 0.15) is 5.75 Å². The number of hydrogen-bond donors (Lipinski definition) is 2. The number of hydrogen-bond acceptors (Lipinski definition) is 4. The molecule has 0 atom stereocenters. The van der Waals surface area contributed by atoms with Gasteiger partial charge in [-0.1, -0.05) is 17.7 Å². The van der Waals surface area contributed by atoms with Crippen LogP contribution in [0.4, 0.5) is 20.2 Å². The second kappa shape index (κ2) is 9.18. The molecule has 0 spiro atoms. The summed E-state index contributed by atoms with van der Waals surface area (Å²) in [7, 11) is 3.28. The van der Waals surface area contributed by atoms with Crippen LogP contribution in [0.3, 0.4) is 0 Å². The molecule has 9 heteroatoms. The normalized spacial score (nSPS) is 10.4. The maximum Gasteiger partial charge on any atom is 0.387 e. The minimum Gasteiger partial charge on any atom is -0.433 e. The zero-order valence-corrected chi connectivity index (χ0v) is 15.4. The van der Waals surface area contributed by atoms with Gasteiger partial charge in [0.05, 0.1) is 11.6 Å². The van der Waals surface area contributed by atoms with Crippen molar-refractivity contribution in [2.75, 3.05) is 31.3 Å². The maximum atomic E-state index is 12.2. The number of halogens is 3. The zero-order valence-electron chi connectivity index (χ0n) is 14.6. The maximum absolute atomic E-state index is 12.2. The number of benzene rings is 2. The van der Waals surface area contributed by atoms with E-state index < -0.39 is 6.61 Å². The smallest absolute Gasteiger partial charge is 0.387 e. The van der Waals surface area contributed by atoms with Gasteiger partial charge in [-0.05, 0) is 36.4 Å². The molecule has 144 valence electrons. The highest BCUT2D eigenvalue weighted by molar-refractivity contribution is 6.32. The van der Waals surface area contributed by atoms with E-state index in [1.165, 1.54) is 23.1 Å². The number of ether oxygens (including phenoxy) is 1. The molecule has 0 radical (unpaired) electrons. The summed E-state index contributed by atoms with van der Waals surface area (Å²) in [6.07, 6.45) is 0. The first-order valence-electron chi connectivity index (χ1n) is 7.86. The van der Waals surface area contributed by atoms with E-state index >= 15 is 0 Å². The number of carbonyl (C=O) groups is 2. The van der Waals surface area contributed by atoms with Crippen molar-refractivity contribution in [2.24, 2.45) is 0 Å². The van der Waals surface area contributed by atoms with Crippen LogP contribution in [-0.2, 0) is 4.79 Å². The molecule has 0 unspecified atom stereocenters. The third-order valence-corrected chi connectivity index (χ3v) is 3.70. The molecule has 2 amide bonds. The molecule has 0 aliphatic carbocycles. The fourth-order valence-electron chi connectivity index (χ4n) is 2.18. The molecule has 0 saturated carbocycles. The van der Waals surface area contributed by atoms with Crippen molar-refractivity contribution < 1.29 is 23.1 Å². The van der Waals surface area contributed by atoms with Crippen LogP contribution >= 0.6 is 11.6 Å². The van der Waals surface area contributed by atoms with Gasteiger partial charge in [0.2, 0.25) is 5.91 Å². The van der Waals surface area contributed by atoms with E-state index in [0.717, 1.165) is 0 Å². The molecule has 0 saturated heterocycles. The van der Waals surface area contributed by atoms with Crippen LogP contribution in [0.2, 0.25) is 5.02 Å². The van der Waals surface area contributed by atoms with Crippen molar-refractivity contribution in [1.82, 2.24) is 4.90 Å². The largest absolute Gasteiger partial charge is 0.433 e. The van der Waals surface area contributed by atoms with E-state index in [2.05, 4.69) is 15.4 Å². The standard InChI is InChI=1S/C18H18ClF2N3O3/c1-24(2)17(26)11-4-3-5-13(8-11)23-16(25)10-22-12-6-7-15(14(19)9-12)27-18(20)21/h3-9,18,22H,10H2,1-2H3,(H,23,25). The lowest BCUT2D eigenvalue weighted by molar-refractivity contribution is -0.114. The molecule has 2 rings (SSSR count). The van der Waals surface area contributed by atoms with Gasteiger partial charge in [0.25, 0.3) is 5.91 Å². The van der Waals surface area contributed by atoms with Crippen molar-refractivity contribution in [1.29, 1.82) is 0 Å². The average Bonchev–Trinajstić information content (AvgIpc) is 2.61. The van der Waals surface area contributed by atoms with Gasteiger partial charge in [-0.3, -0.25) is 9.59 Å². The lowest BCUT2D eigenvalue weighted by atomic mass is 10.2. The molecule has 0 heterocycles. The number of nitrogens with one attached hydrogen (secondary N) is 2. The summed E-state index contributed by atoms with van der Waals surface area (Å²) in [5, 5.41) is 5.49. The Morgan fingerprint density at radius 1 is 1.15 bits per heavy atom. The van der Waals surface area contributed by atoms with Crippen LogP contribution in [0.15, 0.2) is 42.5 Å². The Morgan fingerprint density at radius 2 is 1.89 bits per heavy atom. The molecular weight excluding hydrogens is 380 g/mol. The number of alkyl halides is 2. The topological polar surface area (TPSA) is 70.7 Å². The lowest BCUT2D eigenvalue weighted by Gasteiger charge is -2.12. The minimum absolute atomic E-state index is 0.00407. The molecule has 0 aliphatic rings. The van der Waals surface area contributed by atoms with E-state index in [9.17, 15) is 18.4 Å². The number of amides is 2. The first-order chi connectivity index (χ1) is 12.8. The summed E-state index contributed by atoms with van der Waals surface area (Å²) < 4.78 is 28.7. The van der Waals surface area contributed by atoms with Crippen molar-refractivity contribution in [2.45, 2.75) is 6.61 Å². The van der Waals surface area contributed by atoms with Crippen LogP contribution in [0.25, 0.3) is 0 Å². The van der Waals surface area contributed by atoms with Crippen molar-refractivity contribution >= 4 is 34.8 Å². The predicted octanol–water partition coefficient (Wildman–Crippen LogP) is 3.69. The zero-order chi connectivity index (χ0) is 20.0. The number of nitrogens with zero attached hydrogens (tertiary/aromatic N) is 1. The second-order valence-corrected chi connectivity index (χ2v) is 6.11. The van der Waals surface area contributed by atoms with Gasteiger partial charge in [-0.15, -0.1) is 0 Å². The van der Waals surface area contributed by atoms with Crippen LogP contribution < -0.4 is 15.4 Å². The fourth-order valence-corrected chi connectivity index (χ4v) is 2.40. The molecule has 27 heavy (non-hydrogen) atoms.